The van der Waals surface area contributed by atoms with Crippen LogP contribution >= 0.6 is 0 Å². The van der Waals surface area contributed by atoms with Gasteiger partial charge in [0.2, 0.25) is 0 Å². The highest BCUT2D eigenvalue weighted by Crippen LogP contribution is 2.38. The lowest BCUT2D eigenvalue weighted by Gasteiger charge is -2.46. The number of fused-ring (bicyclic) bond motifs is 2. The van der Waals surface area contributed by atoms with Crippen molar-refractivity contribution >= 4 is 12.1 Å². The molecule has 2 unspecified atom stereocenters. The summed E-state index contributed by atoms with van der Waals surface area (Å²) < 4.78 is 4.98. The Kier molecular flexibility index (Phi) is 4.09. The molecule has 6 heteroatoms. The van der Waals surface area contributed by atoms with E-state index >= 15 is 0 Å². The van der Waals surface area contributed by atoms with E-state index in [2.05, 4.69) is 6.58 Å². The summed E-state index contributed by atoms with van der Waals surface area (Å²) in [4.78, 5) is 24.4. The third-order valence-corrected chi connectivity index (χ3v) is 3.98. The average molecular weight is 269 g/mol. The number of aliphatic hydroxyl groups excluding tert-OH is 1. The van der Waals surface area contributed by atoms with Crippen molar-refractivity contribution in [1.29, 1.82) is 0 Å². The molecule has 0 radical (unpaired) electrons. The molecule has 0 aromatic rings. The van der Waals surface area contributed by atoms with Crippen LogP contribution in [0.1, 0.15) is 12.8 Å². The van der Waals surface area contributed by atoms with Crippen LogP contribution in [0.4, 0.5) is 4.79 Å². The molecule has 2 fully saturated rings. The molecule has 1 aliphatic heterocycles. The van der Waals surface area contributed by atoms with Crippen LogP contribution in [0.5, 0.6) is 0 Å². The number of carbonyl (C=O) groups is 2. The largest absolute Gasteiger partial charge is 0.481 e. The molecule has 2 N–H and O–H groups in total. The smallest absolute Gasteiger partial charge is 0.410 e. The Morgan fingerprint density at radius 3 is 2.37 bits per heavy atom. The van der Waals surface area contributed by atoms with Gasteiger partial charge in [-0.05, 0) is 12.8 Å². The number of carboxylic acids is 1. The third kappa shape index (κ3) is 2.89. The summed E-state index contributed by atoms with van der Waals surface area (Å²) in [5.74, 6) is -1.58. The van der Waals surface area contributed by atoms with Gasteiger partial charge < -0.3 is 19.8 Å². The topological polar surface area (TPSA) is 87.1 Å². The molecule has 0 spiro atoms. The summed E-state index contributed by atoms with van der Waals surface area (Å²) in [6.07, 6.45) is 1.39. The fourth-order valence-electron chi connectivity index (χ4n) is 3.07. The van der Waals surface area contributed by atoms with Crippen molar-refractivity contribution in [3.05, 3.63) is 12.7 Å². The molecule has 6 nitrogen and oxygen atoms in total. The molecule has 106 valence electrons. The molecular weight excluding hydrogens is 250 g/mol. The van der Waals surface area contributed by atoms with Crippen LogP contribution in [0.3, 0.4) is 0 Å². The zero-order valence-electron chi connectivity index (χ0n) is 10.7. The highest BCUT2D eigenvalue weighted by Gasteiger charge is 2.45. The Balaban J connectivity index is 2.00. The summed E-state index contributed by atoms with van der Waals surface area (Å²) in [6.45, 7) is 4.35. The van der Waals surface area contributed by atoms with Gasteiger partial charge in [-0.25, -0.2) is 4.79 Å². The number of amides is 1. The van der Waals surface area contributed by atoms with Gasteiger partial charge in [0.1, 0.15) is 6.61 Å². The first-order valence-corrected chi connectivity index (χ1v) is 6.46. The van der Waals surface area contributed by atoms with Crippen molar-refractivity contribution in [1.82, 2.24) is 4.90 Å². The van der Waals surface area contributed by atoms with Crippen molar-refractivity contribution in [2.45, 2.75) is 18.9 Å². The minimum atomic E-state index is -0.815. The number of aliphatic carboxylic acids is 1. The first kappa shape index (κ1) is 13.9. The molecule has 2 atom stereocenters. The highest BCUT2D eigenvalue weighted by atomic mass is 16.6. The third-order valence-electron chi connectivity index (χ3n) is 3.98. The van der Waals surface area contributed by atoms with Crippen LogP contribution < -0.4 is 0 Å². The Hall–Kier alpha value is -1.56. The number of carboxylic acid groups (broad SMARTS) is 1. The van der Waals surface area contributed by atoms with Crippen LogP contribution in [0.25, 0.3) is 0 Å². The molecule has 19 heavy (non-hydrogen) atoms. The van der Waals surface area contributed by atoms with Crippen LogP contribution in [-0.4, -0.2) is 53.0 Å². The average Bonchev–Trinajstić information content (AvgIpc) is 2.35. The summed E-state index contributed by atoms with van der Waals surface area (Å²) in [7, 11) is 0. The van der Waals surface area contributed by atoms with Gasteiger partial charge >= 0.3 is 12.1 Å². The quantitative estimate of drug-likeness (QED) is 0.737. The summed E-state index contributed by atoms with van der Waals surface area (Å²) in [5.41, 5.74) is 0. The SMILES string of the molecule is C=CCOC(=O)N1CC2CC(C(=O)O)CC(C1)C2O. The van der Waals surface area contributed by atoms with Crippen LogP contribution in [-0.2, 0) is 9.53 Å². The minimum Gasteiger partial charge on any atom is -0.481 e. The number of likely N-dealkylation sites (tertiary alicyclic amines) is 1. The highest BCUT2D eigenvalue weighted by molar-refractivity contribution is 5.71. The number of piperidine rings is 1. The number of nitrogens with zero attached hydrogens (tertiary/aromatic N) is 1. The number of rotatable bonds is 3. The molecule has 0 aromatic carbocycles. The Morgan fingerprint density at radius 1 is 1.32 bits per heavy atom. The van der Waals surface area contributed by atoms with Gasteiger partial charge in [0.25, 0.3) is 0 Å². The number of ether oxygens (including phenoxy) is 1. The molecule has 2 bridgehead atoms. The second kappa shape index (κ2) is 5.61. The van der Waals surface area contributed by atoms with Gasteiger partial charge in [-0.2, -0.15) is 0 Å². The zero-order valence-corrected chi connectivity index (χ0v) is 10.7. The second-order valence-corrected chi connectivity index (χ2v) is 5.29. The predicted molar refractivity (Wildman–Crippen MR) is 66.5 cm³/mol. The normalized spacial score (nSPS) is 33.6. The number of carbonyl (C=O) groups excluding carboxylic acids is 1. The van der Waals surface area contributed by atoms with Gasteiger partial charge in [0, 0.05) is 24.9 Å². The van der Waals surface area contributed by atoms with E-state index in [0.717, 1.165) is 0 Å². The van der Waals surface area contributed by atoms with Crippen molar-refractivity contribution in [2.24, 2.45) is 17.8 Å². The predicted octanol–water partition coefficient (Wildman–Crippen LogP) is 0.713. The molecule has 2 rings (SSSR count). The van der Waals surface area contributed by atoms with E-state index in [-0.39, 0.29) is 18.4 Å². The Morgan fingerprint density at radius 2 is 1.89 bits per heavy atom. The van der Waals surface area contributed by atoms with Crippen LogP contribution in [0.2, 0.25) is 0 Å². The lowest BCUT2D eigenvalue weighted by molar-refractivity contribution is -0.148. The van der Waals surface area contributed by atoms with Gasteiger partial charge in [-0.1, -0.05) is 12.7 Å². The fourth-order valence-corrected chi connectivity index (χ4v) is 3.07. The summed E-state index contributed by atoms with van der Waals surface area (Å²) >= 11 is 0. The molecule has 2 aliphatic rings. The van der Waals surface area contributed by atoms with Crippen molar-refractivity contribution in [3.8, 4) is 0 Å². The maximum absolute atomic E-state index is 11.8. The van der Waals surface area contributed by atoms with E-state index < -0.39 is 24.1 Å². The second-order valence-electron chi connectivity index (χ2n) is 5.29. The fraction of sp³-hybridized carbons (Fsp3) is 0.692. The molecule has 1 heterocycles. The van der Waals surface area contributed by atoms with Crippen LogP contribution in [0, 0.1) is 17.8 Å². The number of hydrogen-bond acceptors (Lipinski definition) is 4. The van der Waals surface area contributed by atoms with Gasteiger partial charge in [0.05, 0.1) is 12.0 Å². The standard InChI is InChI=1S/C13H19NO5/c1-2-3-19-13(18)14-6-9-4-8(12(16)17)5-10(7-14)11(9)15/h2,8-11,15H,1,3-7H2,(H,16,17). The number of aliphatic hydroxyl groups is 1. The van der Waals surface area contributed by atoms with E-state index in [4.69, 9.17) is 9.84 Å². The van der Waals surface area contributed by atoms with Gasteiger partial charge in [-0.15, -0.1) is 0 Å². The van der Waals surface area contributed by atoms with Crippen molar-refractivity contribution in [2.75, 3.05) is 19.7 Å². The number of hydrogen-bond donors (Lipinski definition) is 2. The molecule has 0 aromatic heterocycles. The van der Waals surface area contributed by atoms with E-state index in [1.165, 1.54) is 6.08 Å². The van der Waals surface area contributed by atoms with E-state index in [9.17, 15) is 14.7 Å². The first-order valence-electron chi connectivity index (χ1n) is 6.46. The van der Waals surface area contributed by atoms with Crippen molar-refractivity contribution < 1.29 is 24.5 Å². The lowest BCUT2D eigenvalue weighted by atomic mass is 9.70. The Bertz CT molecular complexity index is 367. The maximum atomic E-state index is 11.8. The summed E-state index contributed by atoms with van der Waals surface area (Å²) in [6, 6.07) is 0. The van der Waals surface area contributed by atoms with E-state index in [0.29, 0.717) is 25.9 Å². The molecule has 1 aliphatic carbocycles. The van der Waals surface area contributed by atoms with E-state index in [1.54, 1.807) is 4.90 Å². The maximum Gasteiger partial charge on any atom is 0.410 e. The van der Waals surface area contributed by atoms with Gasteiger partial charge in [0.15, 0.2) is 0 Å². The molecular formula is C13H19NO5. The molecule has 1 amide bonds. The van der Waals surface area contributed by atoms with Crippen molar-refractivity contribution in [3.63, 3.8) is 0 Å². The van der Waals surface area contributed by atoms with Crippen LogP contribution in [0.15, 0.2) is 12.7 Å². The summed E-state index contributed by atoms with van der Waals surface area (Å²) in [5, 5.41) is 19.1. The molecule has 1 saturated heterocycles. The minimum absolute atomic E-state index is 0.158. The first-order chi connectivity index (χ1) is 9.02. The zero-order chi connectivity index (χ0) is 14.0. The molecule has 1 saturated carbocycles. The van der Waals surface area contributed by atoms with E-state index in [1.807, 2.05) is 0 Å². The monoisotopic (exact) mass is 269 g/mol. The Labute approximate surface area is 111 Å². The lowest BCUT2D eigenvalue weighted by Crippen LogP contribution is -2.55. The van der Waals surface area contributed by atoms with Gasteiger partial charge in [-0.3, -0.25) is 4.79 Å².